The number of ether oxygens (including phenoxy) is 1. The highest BCUT2D eigenvalue weighted by molar-refractivity contribution is 7.71. The summed E-state index contributed by atoms with van der Waals surface area (Å²) in [5.41, 5.74) is 3.38. The molecule has 0 radical (unpaired) electrons. The van der Waals surface area contributed by atoms with E-state index in [4.69, 9.17) is 17.0 Å². The van der Waals surface area contributed by atoms with E-state index in [1.54, 1.807) is 7.11 Å². The monoisotopic (exact) mass is 302 g/mol. The van der Waals surface area contributed by atoms with Crippen molar-refractivity contribution in [2.45, 2.75) is 32.2 Å². The number of aryl methyl sites for hydroxylation is 1. The average molecular weight is 302 g/mol. The summed E-state index contributed by atoms with van der Waals surface area (Å²) in [4.78, 5) is 14.9. The van der Waals surface area contributed by atoms with Crippen LogP contribution in [0.4, 0.5) is 0 Å². The molecular weight excluding hydrogens is 284 g/mol. The average Bonchev–Trinajstić information content (AvgIpc) is 2.97. The van der Waals surface area contributed by atoms with Crippen LogP contribution in [0.2, 0.25) is 0 Å². The lowest BCUT2D eigenvalue weighted by Gasteiger charge is -2.12. The molecule has 1 aromatic heterocycles. The zero-order chi connectivity index (χ0) is 14.8. The fourth-order valence-corrected chi connectivity index (χ4v) is 3.21. The van der Waals surface area contributed by atoms with Gasteiger partial charge >= 0.3 is 5.69 Å². The minimum atomic E-state index is -0.0887. The van der Waals surface area contributed by atoms with E-state index in [-0.39, 0.29) is 5.69 Å². The first-order chi connectivity index (χ1) is 10.2. The summed E-state index contributed by atoms with van der Waals surface area (Å²) in [6, 6.07) is 7.96. The third kappa shape index (κ3) is 2.78. The molecule has 2 aromatic rings. The SMILES string of the molecule is COc1ccc(CCn2c3c(c(=S)[nH]c2=O)CCC3)cc1. The molecule has 3 rings (SSSR count). The van der Waals surface area contributed by atoms with Gasteiger partial charge in [-0.2, -0.15) is 0 Å². The lowest BCUT2D eigenvalue weighted by Crippen LogP contribution is -2.27. The molecule has 1 aromatic carbocycles. The maximum Gasteiger partial charge on any atom is 0.326 e. The van der Waals surface area contributed by atoms with E-state index in [9.17, 15) is 4.79 Å². The van der Waals surface area contributed by atoms with Gasteiger partial charge in [-0.15, -0.1) is 0 Å². The van der Waals surface area contributed by atoms with Gasteiger partial charge in [0.1, 0.15) is 10.4 Å². The lowest BCUT2D eigenvalue weighted by molar-refractivity contribution is 0.414. The van der Waals surface area contributed by atoms with Crippen LogP contribution in [0.1, 0.15) is 23.2 Å². The van der Waals surface area contributed by atoms with E-state index in [0.29, 0.717) is 11.2 Å². The molecule has 0 saturated heterocycles. The predicted octanol–water partition coefficient (Wildman–Crippen LogP) is 2.65. The molecule has 4 nitrogen and oxygen atoms in total. The normalized spacial score (nSPS) is 13.2. The van der Waals surface area contributed by atoms with Crippen molar-refractivity contribution in [1.29, 1.82) is 0 Å². The summed E-state index contributed by atoms with van der Waals surface area (Å²) >= 11 is 5.25. The van der Waals surface area contributed by atoms with E-state index in [2.05, 4.69) is 4.98 Å². The molecule has 1 N–H and O–H groups in total. The largest absolute Gasteiger partial charge is 0.497 e. The van der Waals surface area contributed by atoms with Crippen LogP contribution in [0.5, 0.6) is 5.75 Å². The number of benzene rings is 1. The van der Waals surface area contributed by atoms with Crippen molar-refractivity contribution in [1.82, 2.24) is 9.55 Å². The van der Waals surface area contributed by atoms with Gasteiger partial charge in [0.2, 0.25) is 0 Å². The second-order valence-corrected chi connectivity index (χ2v) is 5.70. The Labute approximate surface area is 128 Å². The van der Waals surface area contributed by atoms with Gasteiger partial charge in [-0.25, -0.2) is 4.79 Å². The summed E-state index contributed by atoms with van der Waals surface area (Å²) in [7, 11) is 1.66. The molecule has 0 amide bonds. The number of nitrogens with one attached hydrogen (secondary N) is 1. The number of H-pyrrole nitrogens is 1. The topological polar surface area (TPSA) is 47.0 Å². The van der Waals surface area contributed by atoms with Crippen molar-refractivity contribution >= 4 is 12.2 Å². The third-order valence-electron chi connectivity index (χ3n) is 4.04. The molecule has 1 aliphatic carbocycles. The Morgan fingerprint density at radius 1 is 1.29 bits per heavy atom. The molecule has 0 aliphatic heterocycles. The first kappa shape index (κ1) is 14.1. The molecule has 0 atom stereocenters. The summed E-state index contributed by atoms with van der Waals surface area (Å²) < 4.78 is 7.62. The molecule has 1 aliphatic rings. The highest BCUT2D eigenvalue weighted by Gasteiger charge is 2.17. The number of hydrogen-bond donors (Lipinski definition) is 1. The van der Waals surface area contributed by atoms with Crippen LogP contribution in [-0.2, 0) is 25.8 Å². The van der Waals surface area contributed by atoms with Crippen LogP contribution >= 0.6 is 12.2 Å². The Hall–Kier alpha value is -1.88. The lowest BCUT2D eigenvalue weighted by atomic mass is 10.1. The van der Waals surface area contributed by atoms with Crippen LogP contribution in [0.25, 0.3) is 0 Å². The molecule has 1 heterocycles. The Kier molecular flexibility index (Phi) is 3.92. The quantitative estimate of drug-likeness (QED) is 0.883. The Morgan fingerprint density at radius 3 is 2.76 bits per heavy atom. The first-order valence-corrected chi connectivity index (χ1v) is 7.57. The van der Waals surface area contributed by atoms with Gasteiger partial charge < -0.3 is 4.74 Å². The van der Waals surface area contributed by atoms with Crippen molar-refractivity contribution < 1.29 is 4.74 Å². The van der Waals surface area contributed by atoms with Gasteiger partial charge in [0.15, 0.2) is 0 Å². The number of aromatic nitrogens is 2. The van der Waals surface area contributed by atoms with Crippen LogP contribution in [0, 0.1) is 4.64 Å². The summed E-state index contributed by atoms with van der Waals surface area (Å²) in [5, 5.41) is 0. The molecule has 110 valence electrons. The van der Waals surface area contributed by atoms with Crippen molar-refractivity contribution in [2.24, 2.45) is 0 Å². The molecular formula is C16H18N2O2S. The van der Waals surface area contributed by atoms with Gasteiger partial charge in [-0.3, -0.25) is 9.55 Å². The summed E-state index contributed by atoms with van der Waals surface area (Å²) in [6.45, 7) is 0.680. The number of fused-ring (bicyclic) bond motifs is 1. The van der Waals surface area contributed by atoms with Gasteiger partial charge in [0, 0.05) is 17.8 Å². The second kappa shape index (κ2) is 5.85. The van der Waals surface area contributed by atoms with E-state index >= 15 is 0 Å². The second-order valence-electron chi connectivity index (χ2n) is 5.29. The van der Waals surface area contributed by atoms with E-state index < -0.39 is 0 Å². The number of aromatic amines is 1. The van der Waals surface area contributed by atoms with Crippen molar-refractivity contribution in [3.8, 4) is 5.75 Å². The predicted molar refractivity (Wildman–Crippen MR) is 84.6 cm³/mol. The maximum atomic E-state index is 12.1. The Bertz CT molecular complexity index is 759. The fraction of sp³-hybridized carbons (Fsp3) is 0.375. The number of hydrogen-bond acceptors (Lipinski definition) is 3. The number of nitrogens with zero attached hydrogens (tertiary/aromatic N) is 1. The number of rotatable bonds is 4. The molecule has 5 heteroatoms. The molecule has 0 saturated carbocycles. The van der Waals surface area contributed by atoms with Crippen molar-refractivity contribution in [3.63, 3.8) is 0 Å². The van der Waals surface area contributed by atoms with E-state index in [0.717, 1.165) is 42.7 Å². The van der Waals surface area contributed by atoms with Crippen LogP contribution < -0.4 is 10.4 Å². The third-order valence-corrected chi connectivity index (χ3v) is 4.39. The Morgan fingerprint density at radius 2 is 2.05 bits per heavy atom. The van der Waals surface area contributed by atoms with E-state index in [1.165, 1.54) is 5.56 Å². The fourth-order valence-electron chi connectivity index (χ4n) is 2.90. The first-order valence-electron chi connectivity index (χ1n) is 7.17. The molecule has 0 spiro atoms. The molecule has 0 unspecified atom stereocenters. The zero-order valence-electron chi connectivity index (χ0n) is 12.0. The molecule has 21 heavy (non-hydrogen) atoms. The zero-order valence-corrected chi connectivity index (χ0v) is 12.8. The van der Waals surface area contributed by atoms with Crippen LogP contribution in [0.15, 0.2) is 29.1 Å². The standard InChI is InChI=1S/C16H18N2O2S/c1-20-12-7-5-11(6-8-12)9-10-18-14-4-2-3-13(14)15(21)17-16(18)19/h5-8H,2-4,9-10H2,1H3,(H,17,19,21). The van der Waals surface area contributed by atoms with E-state index in [1.807, 2.05) is 28.8 Å². The van der Waals surface area contributed by atoms with Crippen LogP contribution in [-0.4, -0.2) is 16.7 Å². The molecule has 0 bridgehead atoms. The smallest absolute Gasteiger partial charge is 0.326 e. The summed E-state index contributed by atoms with van der Waals surface area (Å²) in [5.74, 6) is 0.848. The minimum absolute atomic E-state index is 0.0887. The molecule has 0 fully saturated rings. The van der Waals surface area contributed by atoms with Crippen LogP contribution in [0.3, 0.4) is 0 Å². The van der Waals surface area contributed by atoms with Gasteiger partial charge in [-0.05, 0) is 43.4 Å². The Balaban J connectivity index is 1.84. The van der Waals surface area contributed by atoms with Crippen molar-refractivity contribution in [2.75, 3.05) is 7.11 Å². The van der Waals surface area contributed by atoms with Crippen molar-refractivity contribution in [3.05, 3.63) is 56.2 Å². The highest BCUT2D eigenvalue weighted by Crippen LogP contribution is 2.21. The minimum Gasteiger partial charge on any atom is -0.497 e. The number of methoxy groups -OCH3 is 1. The maximum absolute atomic E-state index is 12.1. The van der Waals surface area contributed by atoms with Gasteiger partial charge in [0.05, 0.1) is 7.11 Å². The van der Waals surface area contributed by atoms with Gasteiger partial charge in [0.25, 0.3) is 0 Å². The van der Waals surface area contributed by atoms with Gasteiger partial charge in [-0.1, -0.05) is 24.4 Å². The highest BCUT2D eigenvalue weighted by atomic mass is 32.1. The summed E-state index contributed by atoms with van der Waals surface area (Å²) in [6.07, 6.45) is 3.83.